The molecule has 0 aliphatic carbocycles. The third-order valence-corrected chi connectivity index (χ3v) is 12.9. The van der Waals surface area contributed by atoms with Crippen LogP contribution < -0.4 is 0 Å². The van der Waals surface area contributed by atoms with Gasteiger partial charge in [0.2, 0.25) is 0 Å². The minimum atomic E-state index is -0.221. The van der Waals surface area contributed by atoms with E-state index in [4.69, 9.17) is 9.97 Å². The van der Waals surface area contributed by atoms with Crippen LogP contribution in [0.2, 0.25) is 0 Å². The van der Waals surface area contributed by atoms with E-state index in [1.165, 1.54) is 64.3 Å². The Morgan fingerprint density at radius 2 is 1.22 bits per heavy atom. The molecule has 1 aliphatic heterocycles. The standard InChI is InChI=1S/C49H32N4S/c1-49(2)37-19-12-18-35-45(37)53(46-34-17-8-11-22-43(34)54-47(35)46)42-26-23-29(28-38(42)49)44-33-16-6-9-20-39(33)50-48(51-44)30-24-25-41-36(27-30)32-15-7-10-21-40(32)52(41)31-13-4-3-5-14-31/h3-28H,1-2H3. The molecule has 0 radical (unpaired) electrons. The molecule has 0 fully saturated rings. The van der Waals surface area contributed by atoms with Gasteiger partial charge in [0.15, 0.2) is 5.82 Å². The number of nitrogens with zero attached hydrogens (tertiary/aromatic N) is 4. The molecule has 0 atom stereocenters. The SMILES string of the molecule is CC1(C)c2cc(-c3nc(-c4ccc5c(c4)c4ccccc4n5-c4ccccc4)nc4ccccc34)ccc2-n2c3c1cccc3c1sc3ccccc3c12. The fourth-order valence-corrected chi connectivity index (χ4v) is 10.4. The van der Waals surface area contributed by atoms with Crippen molar-refractivity contribution in [3.63, 3.8) is 0 Å². The summed E-state index contributed by atoms with van der Waals surface area (Å²) in [5.41, 5.74) is 13.8. The molecule has 12 rings (SSSR count). The Balaban J connectivity index is 1.08. The molecule has 4 nitrogen and oxygen atoms in total. The van der Waals surface area contributed by atoms with Gasteiger partial charge in [-0.3, -0.25) is 0 Å². The maximum absolute atomic E-state index is 5.42. The van der Waals surface area contributed by atoms with E-state index in [9.17, 15) is 0 Å². The average molecular weight is 709 g/mol. The molecule has 1 aliphatic rings. The second-order valence-corrected chi connectivity index (χ2v) is 16.1. The van der Waals surface area contributed by atoms with Crippen molar-refractivity contribution < 1.29 is 0 Å². The molecule has 7 aromatic carbocycles. The lowest BCUT2D eigenvalue weighted by Gasteiger charge is -2.35. The molecular formula is C49H32N4S. The molecule has 0 saturated carbocycles. The van der Waals surface area contributed by atoms with Crippen LogP contribution in [0.3, 0.4) is 0 Å². The molecule has 0 bridgehead atoms. The lowest BCUT2D eigenvalue weighted by Crippen LogP contribution is -2.26. The number of rotatable bonds is 3. The fourth-order valence-electron chi connectivity index (χ4n) is 9.18. The van der Waals surface area contributed by atoms with Gasteiger partial charge in [0.1, 0.15) is 0 Å². The van der Waals surface area contributed by atoms with E-state index in [2.05, 4.69) is 181 Å². The van der Waals surface area contributed by atoms with Crippen molar-refractivity contribution in [1.29, 1.82) is 0 Å². The first-order valence-electron chi connectivity index (χ1n) is 18.5. The van der Waals surface area contributed by atoms with Crippen LogP contribution in [0.5, 0.6) is 0 Å². The molecular weight excluding hydrogens is 677 g/mol. The zero-order chi connectivity index (χ0) is 35.7. The number of thiophene rings is 1. The average Bonchev–Trinajstić information content (AvgIpc) is 3.87. The highest BCUT2D eigenvalue weighted by atomic mass is 32.1. The van der Waals surface area contributed by atoms with E-state index in [0.29, 0.717) is 0 Å². The van der Waals surface area contributed by atoms with E-state index in [-0.39, 0.29) is 5.41 Å². The van der Waals surface area contributed by atoms with Gasteiger partial charge in [-0.2, -0.15) is 0 Å². The first-order chi connectivity index (χ1) is 26.5. The maximum atomic E-state index is 5.42. The predicted molar refractivity (Wildman–Crippen MR) is 227 cm³/mol. The Bertz CT molecular complexity index is 3360. The number of hydrogen-bond donors (Lipinski definition) is 0. The van der Waals surface area contributed by atoms with Gasteiger partial charge in [-0.1, -0.05) is 111 Å². The third-order valence-electron chi connectivity index (χ3n) is 11.7. The highest BCUT2D eigenvalue weighted by Gasteiger charge is 2.36. The monoisotopic (exact) mass is 708 g/mol. The van der Waals surface area contributed by atoms with Crippen LogP contribution in [0.15, 0.2) is 158 Å². The molecule has 0 amide bonds. The van der Waals surface area contributed by atoms with E-state index < -0.39 is 0 Å². The highest BCUT2D eigenvalue weighted by molar-refractivity contribution is 7.26. The summed E-state index contributed by atoms with van der Waals surface area (Å²) in [6.07, 6.45) is 0. The maximum Gasteiger partial charge on any atom is 0.160 e. The fraction of sp³-hybridized carbons (Fsp3) is 0.0612. The minimum Gasteiger partial charge on any atom is -0.309 e. The molecule has 5 heterocycles. The van der Waals surface area contributed by atoms with Gasteiger partial charge in [-0.25, -0.2) is 9.97 Å². The lowest BCUT2D eigenvalue weighted by molar-refractivity contribution is 0.630. The summed E-state index contributed by atoms with van der Waals surface area (Å²) >= 11 is 1.90. The Morgan fingerprint density at radius 3 is 2.11 bits per heavy atom. The summed E-state index contributed by atoms with van der Waals surface area (Å²) in [5, 5.41) is 6.09. The molecule has 5 heteroatoms. The van der Waals surface area contributed by atoms with Crippen LogP contribution in [0, 0.1) is 0 Å². The first-order valence-corrected chi connectivity index (χ1v) is 19.3. The second-order valence-electron chi connectivity index (χ2n) is 15.0. The van der Waals surface area contributed by atoms with Gasteiger partial charge in [0.25, 0.3) is 0 Å². The zero-order valence-corrected chi connectivity index (χ0v) is 30.5. The highest BCUT2D eigenvalue weighted by Crippen LogP contribution is 2.51. The summed E-state index contributed by atoms with van der Waals surface area (Å²) in [6.45, 7) is 4.75. The number of aromatic nitrogens is 4. The summed E-state index contributed by atoms with van der Waals surface area (Å²) in [7, 11) is 0. The quantitative estimate of drug-likeness (QED) is 0.183. The number of hydrogen-bond acceptors (Lipinski definition) is 3. The van der Waals surface area contributed by atoms with Crippen LogP contribution in [0.1, 0.15) is 25.0 Å². The van der Waals surface area contributed by atoms with Crippen molar-refractivity contribution in [3.05, 3.63) is 169 Å². The zero-order valence-electron chi connectivity index (χ0n) is 29.7. The lowest BCUT2D eigenvalue weighted by atomic mass is 9.74. The van der Waals surface area contributed by atoms with E-state index in [1.54, 1.807) is 0 Å². The molecule has 11 aromatic rings. The van der Waals surface area contributed by atoms with Crippen LogP contribution in [-0.2, 0) is 5.41 Å². The predicted octanol–water partition coefficient (Wildman–Crippen LogP) is 13.0. The molecule has 4 aromatic heterocycles. The molecule has 0 N–H and O–H groups in total. The van der Waals surface area contributed by atoms with Gasteiger partial charge in [0, 0.05) is 53.9 Å². The van der Waals surface area contributed by atoms with E-state index >= 15 is 0 Å². The number of para-hydroxylation sites is 4. The molecule has 54 heavy (non-hydrogen) atoms. The van der Waals surface area contributed by atoms with E-state index in [1.807, 2.05) is 11.3 Å². The summed E-state index contributed by atoms with van der Waals surface area (Å²) in [4.78, 5) is 10.6. The van der Waals surface area contributed by atoms with Gasteiger partial charge < -0.3 is 9.13 Å². The Hall–Kier alpha value is -6.56. The molecule has 0 saturated heterocycles. The van der Waals surface area contributed by atoms with Gasteiger partial charge in [-0.05, 0) is 71.8 Å². The van der Waals surface area contributed by atoms with Crippen molar-refractivity contribution >= 4 is 75.3 Å². The summed E-state index contributed by atoms with van der Waals surface area (Å²) in [6, 6.07) is 57.0. The van der Waals surface area contributed by atoms with Crippen LogP contribution in [0.25, 0.3) is 97.9 Å². The van der Waals surface area contributed by atoms with Crippen molar-refractivity contribution in [2.75, 3.05) is 0 Å². The van der Waals surface area contributed by atoms with Crippen molar-refractivity contribution in [2.45, 2.75) is 19.3 Å². The largest absolute Gasteiger partial charge is 0.309 e. The summed E-state index contributed by atoms with van der Waals surface area (Å²) < 4.78 is 7.56. The minimum absolute atomic E-state index is 0.221. The smallest absolute Gasteiger partial charge is 0.160 e. The van der Waals surface area contributed by atoms with Gasteiger partial charge in [-0.15, -0.1) is 11.3 Å². The van der Waals surface area contributed by atoms with Crippen molar-refractivity contribution in [1.82, 2.24) is 19.1 Å². The molecule has 0 spiro atoms. The number of benzene rings is 7. The van der Waals surface area contributed by atoms with Crippen LogP contribution in [0.4, 0.5) is 0 Å². The Kier molecular flexibility index (Phi) is 5.96. The van der Waals surface area contributed by atoms with Crippen molar-refractivity contribution in [2.24, 2.45) is 0 Å². The number of fused-ring (bicyclic) bond motifs is 11. The molecule has 0 unspecified atom stereocenters. The Labute approximate surface area is 315 Å². The molecule has 254 valence electrons. The second kappa shape index (κ2) is 10.8. The Morgan fingerprint density at radius 1 is 0.500 bits per heavy atom. The van der Waals surface area contributed by atoms with Gasteiger partial charge in [0.05, 0.1) is 43.7 Å². The summed E-state index contributed by atoms with van der Waals surface area (Å²) in [5.74, 6) is 0.725. The normalized spacial score (nSPS) is 13.5. The van der Waals surface area contributed by atoms with Gasteiger partial charge >= 0.3 is 0 Å². The van der Waals surface area contributed by atoms with Crippen molar-refractivity contribution in [3.8, 4) is 34.0 Å². The van der Waals surface area contributed by atoms with Crippen LogP contribution in [-0.4, -0.2) is 19.1 Å². The van der Waals surface area contributed by atoms with E-state index in [0.717, 1.165) is 44.8 Å². The van der Waals surface area contributed by atoms with Crippen LogP contribution >= 0.6 is 11.3 Å². The first kappa shape index (κ1) is 30.0. The third kappa shape index (κ3) is 3.97. The topological polar surface area (TPSA) is 35.6 Å².